The van der Waals surface area contributed by atoms with Crippen molar-refractivity contribution in [2.45, 2.75) is 47.0 Å². The molecule has 0 heterocycles. The van der Waals surface area contributed by atoms with Gasteiger partial charge in [-0.05, 0) is 60.8 Å². The Morgan fingerprint density at radius 3 is 2.25 bits per heavy atom. The summed E-state index contributed by atoms with van der Waals surface area (Å²) in [6.45, 7) is 13.5. The Balaban J connectivity index is 2.33. The quantitative estimate of drug-likeness (QED) is 0.574. The number of hydrogen-bond donors (Lipinski definition) is 0. The van der Waals surface area contributed by atoms with Gasteiger partial charge in [-0.1, -0.05) is 62.4 Å². The minimum Gasteiger partial charge on any atom is -0.0905 e. The Kier molecular flexibility index (Phi) is 4.32. The minimum atomic E-state index is 0.449. The van der Waals surface area contributed by atoms with E-state index in [2.05, 4.69) is 70.7 Å². The Morgan fingerprint density at radius 2 is 1.75 bits per heavy atom. The van der Waals surface area contributed by atoms with Gasteiger partial charge in [0.1, 0.15) is 0 Å². The molecule has 0 aliphatic heterocycles. The molecule has 0 saturated heterocycles. The van der Waals surface area contributed by atoms with Crippen molar-refractivity contribution in [1.82, 2.24) is 0 Å². The molecular formula is C20H26. The van der Waals surface area contributed by atoms with E-state index in [1.165, 1.54) is 41.5 Å². The predicted molar refractivity (Wildman–Crippen MR) is 89.6 cm³/mol. The normalized spacial score (nSPS) is 17.3. The van der Waals surface area contributed by atoms with Gasteiger partial charge in [0.25, 0.3) is 0 Å². The lowest BCUT2D eigenvalue weighted by molar-refractivity contribution is 0.326. The second-order valence-electron chi connectivity index (χ2n) is 6.82. The Hall–Kier alpha value is -1.56. The van der Waals surface area contributed by atoms with Gasteiger partial charge in [-0.3, -0.25) is 0 Å². The lowest BCUT2D eigenvalue weighted by atomic mass is 9.75. The zero-order valence-electron chi connectivity index (χ0n) is 13.3. The van der Waals surface area contributed by atoms with Crippen LogP contribution >= 0.6 is 0 Å². The maximum absolute atomic E-state index is 4.36. The Labute approximate surface area is 123 Å². The van der Waals surface area contributed by atoms with Crippen LogP contribution in [0.1, 0.15) is 52.5 Å². The zero-order valence-corrected chi connectivity index (χ0v) is 13.3. The molecule has 0 fully saturated rings. The fourth-order valence-electron chi connectivity index (χ4n) is 2.90. The van der Waals surface area contributed by atoms with Crippen LogP contribution in [0.5, 0.6) is 0 Å². The molecule has 0 bridgehead atoms. The molecule has 0 radical (unpaired) electrons. The highest BCUT2D eigenvalue weighted by atomic mass is 14.3. The first kappa shape index (κ1) is 14.8. The van der Waals surface area contributed by atoms with E-state index >= 15 is 0 Å². The molecule has 0 saturated carbocycles. The maximum Gasteiger partial charge on any atom is -0.0169 e. The van der Waals surface area contributed by atoms with Crippen molar-refractivity contribution in [3.8, 4) is 0 Å². The lowest BCUT2D eigenvalue weighted by Gasteiger charge is -2.30. The molecule has 0 spiro atoms. The van der Waals surface area contributed by atoms with E-state index in [4.69, 9.17) is 0 Å². The number of benzene rings is 1. The average Bonchev–Trinajstić information content (AvgIpc) is 2.41. The van der Waals surface area contributed by atoms with E-state index in [9.17, 15) is 0 Å². The van der Waals surface area contributed by atoms with Crippen LogP contribution in [-0.4, -0.2) is 0 Å². The summed E-state index contributed by atoms with van der Waals surface area (Å²) in [6.07, 6.45) is 6.03. The molecule has 2 rings (SSSR count). The van der Waals surface area contributed by atoms with Gasteiger partial charge in [0, 0.05) is 0 Å². The molecule has 0 nitrogen and oxygen atoms in total. The van der Waals surface area contributed by atoms with Gasteiger partial charge >= 0.3 is 0 Å². The van der Waals surface area contributed by atoms with Crippen molar-refractivity contribution in [3.05, 3.63) is 65.3 Å². The molecule has 0 unspecified atom stereocenters. The first-order valence-electron chi connectivity index (χ1n) is 7.52. The standard InChI is InChI=1S/C20H26/c1-15(2)19(16(3)17-9-7-6-8-10-17)18-11-13-20(4,5)14-12-18/h6-11H,3,12-14H2,1-2,4-5H3. The molecule has 0 heteroatoms. The molecule has 0 N–H and O–H groups in total. The van der Waals surface area contributed by atoms with Crippen molar-refractivity contribution < 1.29 is 0 Å². The average molecular weight is 266 g/mol. The van der Waals surface area contributed by atoms with Crippen molar-refractivity contribution in [1.29, 1.82) is 0 Å². The first-order chi connectivity index (χ1) is 9.41. The Bertz CT molecular complexity index is 549. The highest BCUT2D eigenvalue weighted by molar-refractivity contribution is 5.82. The van der Waals surface area contributed by atoms with Gasteiger partial charge in [0.15, 0.2) is 0 Å². The van der Waals surface area contributed by atoms with E-state index < -0.39 is 0 Å². The topological polar surface area (TPSA) is 0 Å². The summed E-state index contributed by atoms with van der Waals surface area (Å²) in [5.41, 5.74) is 7.06. The summed E-state index contributed by atoms with van der Waals surface area (Å²) in [5.74, 6) is 0. The van der Waals surface area contributed by atoms with Crippen LogP contribution in [0.3, 0.4) is 0 Å². The van der Waals surface area contributed by atoms with Gasteiger partial charge in [0.05, 0.1) is 0 Å². The monoisotopic (exact) mass is 266 g/mol. The van der Waals surface area contributed by atoms with Gasteiger partial charge in [-0.15, -0.1) is 0 Å². The van der Waals surface area contributed by atoms with Crippen molar-refractivity contribution in [2.75, 3.05) is 0 Å². The van der Waals surface area contributed by atoms with Gasteiger partial charge in [-0.2, -0.15) is 0 Å². The third-order valence-corrected chi connectivity index (χ3v) is 4.22. The van der Waals surface area contributed by atoms with Crippen LogP contribution in [-0.2, 0) is 0 Å². The summed E-state index contributed by atoms with van der Waals surface area (Å²) in [4.78, 5) is 0. The predicted octanol–water partition coefficient (Wildman–Crippen LogP) is 6.17. The third kappa shape index (κ3) is 3.30. The summed E-state index contributed by atoms with van der Waals surface area (Å²) < 4.78 is 0. The molecule has 1 aromatic rings. The van der Waals surface area contributed by atoms with Crippen LogP contribution in [0.2, 0.25) is 0 Å². The van der Waals surface area contributed by atoms with Crippen LogP contribution in [0.4, 0.5) is 0 Å². The molecule has 20 heavy (non-hydrogen) atoms. The summed E-state index contributed by atoms with van der Waals surface area (Å²) in [6, 6.07) is 10.5. The third-order valence-electron chi connectivity index (χ3n) is 4.22. The number of hydrogen-bond acceptors (Lipinski definition) is 0. The lowest BCUT2D eigenvalue weighted by Crippen LogP contribution is -2.15. The van der Waals surface area contributed by atoms with Crippen LogP contribution in [0, 0.1) is 5.41 Å². The van der Waals surface area contributed by atoms with Gasteiger partial charge in [0.2, 0.25) is 0 Å². The fraction of sp³-hybridized carbons (Fsp3) is 0.400. The summed E-state index contributed by atoms with van der Waals surface area (Å²) in [5, 5.41) is 0. The van der Waals surface area contributed by atoms with Crippen LogP contribution in [0.15, 0.2) is 59.7 Å². The highest BCUT2D eigenvalue weighted by Crippen LogP contribution is 2.40. The molecule has 1 aliphatic carbocycles. The molecular weight excluding hydrogens is 240 g/mol. The second-order valence-corrected chi connectivity index (χ2v) is 6.82. The Morgan fingerprint density at radius 1 is 1.10 bits per heavy atom. The van der Waals surface area contributed by atoms with E-state index in [1.54, 1.807) is 0 Å². The van der Waals surface area contributed by atoms with Crippen molar-refractivity contribution >= 4 is 5.57 Å². The highest BCUT2D eigenvalue weighted by Gasteiger charge is 2.24. The van der Waals surface area contributed by atoms with E-state index in [0.717, 1.165) is 5.57 Å². The first-order valence-corrected chi connectivity index (χ1v) is 7.52. The summed E-state index contributed by atoms with van der Waals surface area (Å²) >= 11 is 0. The van der Waals surface area contributed by atoms with Crippen LogP contribution in [0.25, 0.3) is 5.57 Å². The van der Waals surface area contributed by atoms with Crippen molar-refractivity contribution in [3.63, 3.8) is 0 Å². The number of rotatable bonds is 3. The smallest absolute Gasteiger partial charge is 0.0169 e. The van der Waals surface area contributed by atoms with Gasteiger partial charge in [-0.25, -0.2) is 0 Å². The largest absolute Gasteiger partial charge is 0.0905 e. The summed E-state index contributed by atoms with van der Waals surface area (Å²) in [7, 11) is 0. The SMILES string of the molecule is C=C(C(C1=CCC(C)(C)CC1)=C(C)C)c1ccccc1. The molecule has 1 aliphatic rings. The molecule has 1 aromatic carbocycles. The van der Waals surface area contributed by atoms with Gasteiger partial charge < -0.3 is 0 Å². The number of allylic oxidation sites excluding steroid dienone is 5. The van der Waals surface area contributed by atoms with E-state index in [1.807, 2.05) is 0 Å². The minimum absolute atomic E-state index is 0.449. The van der Waals surface area contributed by atoms with E-state index in [-0.39, 0.29) is 0 Å². The van der Waals surface area contributed by atoms with Crippen LogP contribution < -0.4 is 0 Å². The molecule has 106 valence electrons. The second kappa shape index (κ2) is 5.83. The molecule has 0 atom stereocenters. The fourth-order valence-corrected chi connectivity index (χ4v) is 2.90. The maximum atomic E-state index is 4.36. The van der Waals surface area contributed by atoms with Crippen molar-refractivity contribution in [2.24, 2.45) is 5.41 Å². The zero-order chi connectivity index (χ0) is 14.8. The molecule has 0 amide bonds. The van der Waals surface area contributed by atoms with E-state index in [0.29, 0.717) is 5.41 Å². The molecule has 0 aromatic heterocycles.